The van der Waals surface area contributed by atoms with E-state index in [4.69, 9.17) is 12.8 Å². The molecule has 0 spiro atoms. The van der Waals surface area contributed by atoms with Crippen molar-refractivity contribution in [3.05, 3.63) is 87.8 Å². The molecule has 4 aliphatic rings. The van der Waals surface area contributed by atoms with Gasteiger partial charge in [-0.05, 0) is 18.0 Å². The maximum Gasteiger partial charge on any atom is 0.0226 e. The maximum atomic E-state index is 15.1. The Hall–Kier alpha value is -4.70. The number of esters is 1. The fraction of sp³-hybridized carbons (Fsp3) is 0.469. The number of hydrogen-bond donors (Lipinski definition) is 2. The first-order valence-electron chi connectivity index (χ1n) is 22.7. The Labute approximate surface area is 400 Å². The van der Waals surface area contributed by atoms with Gasteiger partial charge in [-0.1, -0.05) is 20.4 Å². The maximum absolute atomic E-state index is 15.1. The smallest absolute Gasteiger partial charge is 0.0226 e. The molecule has 4 radical (unpaired) electrons. The summed E-state index contributed by atoms with van der Waals surface area (Å²) in [5, 5.41) is 3.89. The van der Waals surface area contributed by atoms with E-state index in [0.717, 1.165) is 54.7 Å². The number of pyridine rings is 1. The Morgan fingerprint density at radius 2 is 1.92 bits per heavy atom. The number of aryl methyl sites for hydroxylation is 2. The molecule has 6 bridgehead atoms. The fourth-order valence-electron chi connectivity index (χ4n) is 10.3. The fourth-order valence-corrected chi connectivity index (χ4v) is 19.1. The zero-order valence-corrected chi connectivity index (χ0v) is 43.3. The van der Waals surface area contributed by atoms with Crippen LogP contribution >= 0.6 is 20.2 Å². The van der Waals surface area contributed by atoms with Crippen molar-refractivity contribution in [3.8, 4) is 22.4 Å². The van der Waals surface area contributed by atoms with Gasteiger partial charge >= 0.3 is 294 Å². The van der Waals surface area contributed by atoms with Crippen molar-refractivity contribution in [3.63, 3.8) is 0 Å². The second-order valence-corrected chi connectivity index (χ2v) is 27.0. The molecule has 0 aliphatic carbocycles. The summed E-state index contributed by atoms with van der Waals surface area (Å²) in [5.74, 6) is -2.00. The van der Waals surface area contributed by atoms with Crippen LogP contribution in [0.25, 0.3) is 33.3 Å². The van der Waals surface area contributed by atoms with Gasteiger partial charge in [0, 0.05) is 19.8 Å². The first-order chi connectivity index (χ1) is 31.4. The van der Waals surface area contributed by atoms with Crippen molar-refractivity contribution in [2.75, 3.05) is 40.0 Å². The largest absolute Gasteiger partial charge is 0.0603 e. The molecule has 1 unspecified atom stereocenters. The Morgan fingerprint density at radius 3 is 2.64 bits per heavy atom. The van der Waals surface area contributed by atoms with Gasteiger partial charge in [-0.2, -0.15) is 0 Å². The third-order valence-electron chi connectivity index (χ3n) is 13.3. The number of carbonyl (C=O) groups is 5. The van der Waals surface area contributed by atoms with Crippen LogP contribution in [0.5, 0.6) is 0 Å². The van der Waals surface area contributed by atoms with Gasteiger partial charge in [0.25, 0.3) is 0 Å². The van der Waals surface area contributed by atoms with E-state index in [1.165, 1.54) is 21.5 Å². The Kier molecular flexibility index (Phi) is 13.6. The molecule has 2 N–H and O–H groups in total. The average Bonchev–Trinajstić information content (AvgIpc) is 3.92. The number of fused-ring (bicyclic) bond motifs is 8. The number of rotatable bonds is 8. The van der Waals surface area contributed by atoms with Crippen molar-refractivity contribution in [2.24, 2.45) is 11.3 Å². The summed E-state index contributed by atoms with van der Waals surface area (Å²) >= 11 is -2.57. The van der Waals surface area contributed by atoms with Crippen LogP contribution in [0.1, 0.15) is 68.1 Å². The van der Waals surface area contributed by atoms with Gasteiger partial charge in [-0.15, -0.1) is 0 Å². The molecule has 2 aromatic carbocycles. The van der Waals surface area contributed by atoms with Gasteiger partial charge in [-0.3, -0.25) is 14.4 Å². The third-order valence-corrected chi connectivity index (χ3v) is 22.7. The molecule has 2 aromatic heterocycles. The number of nitrogens with zero attached hydrogens (tertiary/aromatic N) is 5. The first kappa shape index (κ1) is 47.8. The van der Waals surface area contributed by atoms with E-state index in [-0.39, 0.29) is 40.9 Å². The molecular formula is C49H60IN7O7Si2. The second kappa shape index (κ2) is 18.8. The molecule has 4 aliphatic heterocycles. The number of carbonyl (C=O) groups excluding carboxylic acids is 5. The summed E-state index contributed by atoms with van der Waals surface area (Å²) in [7, 11) is 5.59. The number of aromatic nitrogens is 2. The van der Waals surface area contributed by atoms with Crippen LogP contribution in [0.2, 0.25) is 6.04 Å². The molecule has 4 aromatic rings. The summed E-state index contributed by atoms with van der Waals surface area (Å²) in [5.41, 5.74) is 10.6. The quantitative estimate of drug-likeness (QED) is 0.0516. The van der Waals surface area contributed by atoms with E-state index in [1.807, 2.05) is 39.1 Å². The molecule has 66 heavy (non-hydrogen) atoms. The molecular weight excluding hydrogens is 982 g/mol. The minimum Gasteiger partial charge on any atom is -0.0603 e. The summed E-state index contributed by atoms with van der Waals surface area (Å²) in [6.45, 7) is 17.4. The average molecular weight is 1040 g/mol. The number of nitrogens with one attached hydrogen (secondary N) is 2. The normalized spacial score (nSPS) is 23.0. The molecule has 6 heterocycles. The standard InChI is InChI=1S/C49H60IN7O7Si2/c1-10-38(58)55-20-21-66(28-55)47(62)54(8)40(29(3)4)44(59)52-49(65)26-31-22-30(5)23-33(24-31)32-16-17-37-35(25-32)39-41(56(37)11-2)34-14-12-18-51-43(34)50(63-9)42(39)48(6,7)27-64-45(60)36-15-13-19-57(53-36)46(49)61/h10,12,14,16-18,22-25,29,36,40,42,53H,1,11,13,15,19-21,26-28H2,2-9H3,(H,52,59)/t36-,40-,42+,49?/m0/s1. The van der Waals surface area contributed by atoms with E-state index in [9.17, 15) is 19.2 Å². The van der Waals surface area contributed by atoms with E-state index in [1.54, 1.807) is 19.1 Å². The summed E-state index contributed by atoms with van der Waals surface area (Å²) < 4.78 is 16.1. The number of amides is 4. The van der Waals surface area contributed by atoms with Crippen LogP contribution in [0.15, 0.2) is 67.4 Å². The molecule has 348 valence electrons. The van der Waals surface area contributed by atoms with Crippen molar-refractivity contribution in [1.29, 1.82) is 0 Å². The van der Waals surface area contributed by atoms with Crippen molar-refractivity contribution >= 4 is 79.4 Å². The number of cyclic esters (lactones) is 1. The molecule has 0 saturated carbocycles. The van der Waals surface area contributed by atoms with Crippen LogP contribution in [0, 0.1) is 22.0 Å². The van der Waals surface area contributed by atoms with Gasteiger partial charge in [0.2, 0.25) is 5.91 Å². The Bertz CT molecular complexity index is 2620. The number of halogens is 1. The number of benzene rings is 2. The molecule has 14 nitrogen and oxygen atoms in total. The van der Waals surface area contributed by atoms with E-state index < -0.39 is 69.5 Å². The zero-order valence-electron chi connectivity index (χ0n) is 39.1. The van der Waals surface area contributed by atoms with Gasteiger partial charge in [-0.25, -0.2) is 0 Å². The van der Waals surface area contributed by atoms with E-state index in [0.29, 0.717) is 31.6 Å². The van der Waals surface area contributed by atoms with Crippen molar-refractivity contribution in [1.82, 2.24) is 35.1 Å². The number of likely N-dealkylation sites (N-methyl/N-ethyl adjacent to an activating group) is 1. The number of hydrogen-bond acceptors (Lipinski definition) is 9. The second-order valence-electron chi connectivity index (χ2n) is 19.0. The van der Waals surface area contributed by atoms with Crippen LogP contribution < -0.4 is 10.7 Å². The SMILES string of the molecule is C=CC(=O)N1CC[Si](C(=O)N(C)[C@H](C(=O)NC2([Si])Cc3cc(C)cc(c3)-c3ccc4c(c3)c3c(n4CC)-c4cccnc4I(OC)[C@H]3C(C)(C)COC(=O)[C@@H]3CCCN(N3)C2=O)C(C)C)C1. The molecule has 2 fully saturated rings. The Balaban J connectivity index is 1.23. The van der Waals surface area contributed by atoms with Crippen molar-refractivity contribution in [2.45, 2.75) is 94.6 Å². The summed E-state index contributed by atoms with van der Waals surface area (Å²) in [6.07, 6.45) is 4.43. The predicted molar refractivity (Wildman–Crippen MR) is 266 cm³/mol. The van der Waals surface area contributed by atoms with Gasteiger partial charge in [0.15, 0.2) is 14.3 Å². The van der Waals surface area contributed by atoms with Crippen LogP contribution in [0.3, 0.4) is 0 Å². The molecule has 2 saturated heterocycles. The van der Waals surface area contributed by atoms with E-state index in [2.05, 4.69) is 89.3 Å². The Morgan fingerprint density at radius 1 is 1.15 bits per heavy atom. The van der Waals surface area contributed by atoms with Gasteiger partial charge in [0.1, 0.15) is 6.04 Å². The monoisotopic (exact) mass is 1040 g/mol. The predicted octanol–water partition coefficient (Wildman–Crippen LogP) is 6.31. The first-order valence-corrected chi connectivity index (χ1v) is 28.3. The minimum atomic E-state index is -2.57. The van der Waals surface area contributed by atoms with Crippen LogP contribution in [-0.2, 0) is 39.9 Å². The minimum absolute atomic E-state index is 0.0400. The number of ether oxygens (including phenoxy) is 1. The third kappa shape index (κ3) is 8.69. The summed E-state index contributed by atoms with van der Waals surface area (Å²) in [6, 6.07) is 15.8. The molecule has 8 rings (SSSR count). The van der Waals surface area contributed by atoms with Crippen molar-refractivity contribution < 1.29 is 31.8 Å². The molecule has 17 heteroatoms. The van der Waals surface area contributed by atoms with Crippen LogP contribution in [-0.4, -0.2) is 130 Å². The zero-order chi connectivity index (χ0) is 47.4. The summed E-state index contributed by atoms with van der Waals surface area (Å²) in [4.78, 5) is 78.6. The van der Waals surface area contributed by atoms with Crippen LogP contribution in [0.4, 0.5) is 4.79 Å². The topological polar surface area (TPSA) is 155 Å². The number of hydrazine groups is 1. The molecule has 4 atom stereocenters. The van der Waals surface area contributed by atoms with Gasteiger partial charge in [0.05, 0.1) is 0 Å². The molecule has 4 amide bonds. The number of alkyl halides is 1. The van der Waals surface area contributed by atoms with Gasteiger partial charge < -0.3 is 9.80 Å². The van der Waals surface area contributed by atoms with E-state index >= 15 is 4.79 Å².